The van der Waals surface area contributed by atoms with Crippen LogP contribution in [0.2, 0.25) is 0 Å². The second-order valence-corrected chi connectivity index (χ2v) is 2.86. The highest BCUT2D eigenvalue weighted by Gasteiger charge is 1.98. The van der Waals surface area contributed by atoms with Gasteiger partial charge in [-0.15, -0.1) is 0 Å². The predicted molar refractivity (Wildman–Crippen MR) is 55.9 cm³/mol. The highest BCUT2D eigenvalue weighted by atomic mass is 16.5. The van der Waals surface area contributed by atoms with Crippen LogP contribution in [0.15, 0.2) is 18.5 Å². The third-order valence-corrected chi connectivity index (χ3v) is 1.52. The SMILES string of the molecule is CCOc1ccncc1C#CC(C)N. The van der Waals surface area contributed by atoms with Crippen LogP contribution in [0.1, 0.15) is 19.4 Å². The van der Waals surface area contributed by atoms with Crippen molar-refractivity contribution >= 4 is 0 Å². The molecule has 0 radical (unpaired) electrons. The molecule has 0 aliphatic carbocycles. The van der Waals surface area contributed by atoms with E-state index in [0.717, 1.165) is 11.3 Å². The molecule has 0 fully saturated rings. The summed E-state index contributed by atoms with van der Waals surface area (Å²) in [7, 11) is 0. The molecule has 0 amide bonds. The van der Waals surface area contributed by atoms with E-state index in [4.69, 9.17) is 10.5 Å². The van der Waals surface area contributed by atoms with Gasteiger partial charge in [-0.25, -0.2) is 0 Å². The first kappa shape index (κ1) is 10.6. The average molecular weight is 190 g/mol. The standard InChI is InChI=1S/C11H14N2O/c1-3-14-11-6-7-13-8-10(11)5-4-9(2)12/h6-9H,3,12H2,1-2H3. The minimum absolute atomic E-state index is 0.135. The lowest BCUT2D eigenvalue weighted by molar-refractivity contribution is 0.339. The van der Waals surface area contributed by atoms with Crippen LogP contribution < -0.4 is 10.5 Å². The van der Waals surface area contributed by atoms with E-state index in [-0.39, 0.29) is 6.04 Å². The molecule has 1 aromatic heterocycles. The van der Waals surface area contributed by atoms with Gasteiger partial charge in [0.1, 0.15) is 5.75 Å². The number of hydrogen-bond acceptors (Lipinski definition) is 3. The fraction of sp³-hybridized carbons (Fsp3) is 0.364. The number of nitrogens with zero attached hydrogens (tertiary/aromatic N) is 1. The molecule has 3 heteroatoms. The van der Waals surface area contributed by atoms with E-state index in [9.17, 15) is 0 Å². The molecule has 1 unspecified atom stereocenters. The highest BCUT2D eigenvalue weighted by molar-refractivity contribution is 5.44. The zero-order valence-corrected chi connectivity index (χ0v) is 8.45. The molecule has 1 rings (SSSR count). The van der Waals surface area contributed by atoms with Crippen molar-refractivity contribution in [2.75, 3.05) is 6.61 Å². The molecular formula is C11H14N2O. The van der Waals surface area contributed by atoms with Crippen LogP contribution >= 0.6 is 0 Å². The van der Waals surface area contributed by atoms with Crippen LogP contribution in [0.25, 0.3) is 0 Å². The molecular weight excluding hydrogens is 176 g/mol. The summed E-state index contributed by atoms with van der Waals surface area (Å²) >= 11 is 0. The number of nitrogens with two attached hydrogens (primary N) is 1. The second-order valence-electron chi connectivity index (χ2n) is 2.86. The first-order valence-electron chi connectivity index (χ1n) is 4.58. The first-order valence-corrected chi connectivity index (χ1v) is 4.58. The number of pyridine rings is 1. The van der Waals surface area contributed by atoms with Crippen molar-refractivity contribution in [3.63, 3.8) is 0 Å². The highest BCUT2D eigenvalue weighted by Crippen LogP contribution is 2.14. The Morgan fingerprint density at radius 2 is 2.43 bits per heavy atom. The maximum Gasteiger partial charge on any atom is 0.137 e. The molecule has 74 valence electrons. The first-order chi connectivity index (χ1) is 6.74. The summed E-state index contributed by atoms with van der Waals surface area (Å²) in [5.41, 5.74) is 6.31. The topological polar surface area (TPSA) is 48.1 Å². The summed E-state index contributed by atoms with van der Waals surface area (Å²) in [6.07, 6.45) is 3.36. The normalized spacial score (nSPS) is 11.4. The molecule has 0 saturated carbocycles. The van der Waals surface area contributed by atoms with Gasteiger partial charge in [0.05, 0.1) is 18.2 Å². The Kier molecular flexibility index (Phi) is 3.96. The molecule has 1 heterocycles. The van der Waals surface area contributed by atoms with Gasteiger partial charge in [-0.2, -0.15) is 0 Å². The Morgan fingerprint density at radius 1 is 1.64 bits per heavy atom. The van der Waals surface area contributed by atoms with Gasteiger partial charge in [0.15, 0.2) is 0 Å². The van der Waals surface area contributed by atoms with Crippen LogP contribution in [0.5, 0.6) is 5.75 Å². The van der Waals surface area contributed by atoms with Crippen LogP contribution in [0.4, 0.5) is 0 Å². The summed E-state index contributed by atoms with van der Waals surface area (Å²) in [5.74, 6) is 6.56. The maximum atomic E-state index is 5.53. The lowest BCUT2D eigenvalue weighted by Crippen LogP contribution is -2.11. The Bertz CT molecular complexity index is 350. The van der Waals surface area contributed by atoms with Gasteiger partial charge in [-0.1, -0.05) is 11.8 Å². The van der Waals surface area contributed by atoms with Gasteiger partial charge in [0.25, 0.3) is 0 Å². The quantitative estimate of drug-likeness (QED) is 0.712. The second kappa shape index (κ2) is 5.25. The van der Waals surface area contributed by atoms with Gasteiger partial charge in [0, 0.05) is 12.4 Å². The van der Waals surface area contributed by atoms with Crippen LogP contribution in [-0.4, -0.2) is 17.6 Å². The van der Waals surface area contributed by atoms with E-state index in [0.29, 0.717) is 6.61 Å². The Hall–Kier alpha value is -1.53. The Morgan fingerprint density at radius 3 is 3.07 bits per heavy atom. The molecule has 0 aliphatic heterocycles. The van der Waals surface area contributed by atoms with E-state index in [2.05, 4.69) is 16.8 Å². The smallest absolute Gasteiger partial charge is 0.137 e. The molecule has 0 aliphatic rings. The van der Waals surface area contributed by atoms with Crippen molar-refractivity contribution in [2.45, 2.75) is 19.9 Å². The molecule has 3 nitrogen and oxygen atoms in total. The van der Waals surface area contributed by atoms with Crippen molar-refractivity contribution < 1.29 is 4.74 Å². The summed E-state index contributed by atoms with van der Waals surface area (Å²) in [6.45, 7) is 4.39. The zero-order valence-electron chi connectivity index (χ0n) is 8.45. The molecule has 14 heavy (non-hydrogen) atoms. The Balaban J connectivity index is 2.91. The molecule has 0 bridgehead atoms. The van der Waals surface area contributed by atoms with E-state index in [1.807, 2.05) is 13.8 Å². The van der Waals surface area contributed by atoms with E-state index in [1.54, 1.807) is 18.5 Å². The number of aromatic nitrogens is 1. The largest absolute Gasteiger partial charge is 0.492 e. The predicted octanol–water partition coefficient (Wildman–Crippen LogP) is 1.18. The van der Waals surface area contributed by atoms with Crippen molar-refractivity contribution in [2.24, 2.45) is 5.73 Å². The molecule has 1 aromatic rings. The van der Waals surface area contributed by atoms with Gasteiger partial charge >= 0.3 is 0 Å². The summed E-state index contributed by atoms with van der Waals surface area (Å²) in [5, 5.41) is 0. The zero-order chi connectivity index (χ0) is 10.4. The third-order valence-electron chi connectivity index (χ3n) is 1.52. The summed E-state index contributed by atoms with van der Waals surface area (Å²) in [4.78, 5) is 3.98. The molecule has 2 N–H and O–H groups in total. The average Bonchev–Trinajstić information content (AvgIpc) is 2.17. The summed E-state index contributed by atoms with van der Waals surface area (Å²) in [6, 6.07) is 1.67. The fourth-order valence-electron chi connectivity index (χ4n) is 0.949. The Labute approximate surface area is 84.3 Å². The van der Waals surface area contributed by atoms with E-state index in [1.165, 1.54) is 0 Å². The van der Waals surface area contributed by atoms with Crippen molar-refractivity contribution in [3.05, 3.63) is 24.0 Å². The molecule has 1 atom stereocenters. The molecule has 0 spiro atoms. The van der Waals surface area contributed by atoms with Gasteiger partial charge < -0.3 is 10.5 Å². The van der Waals surface area contributed by atoms with E-state index >= 15 is 0 Å². The minimum Gasteiger partial charge on any atom is -0.492 e. The third kappa shape index (κ3) is 3.08. The summed E-state index contributed by atoms with van der Waals surface area (Å²) < 4.78 is 5.39. The fourth-order valence-corrected chi connectivity index (χ4v) is 0.949. The maximum absolute atomic E-state index is 5.53. The lowest BCUT2D eigenvalue weighted by Gasteiger charge is -2.03. The number of rotatable bonds is 2. The van der Waals surface area contributed by atoms with Gasteiger partial charge in [-0.3, -0.25) is 4.98 Å². The lowest BCUT2D eigenvalue weighted by atomic mass is 10.2. The van der Waals surface area contributed by atoms with E-state index < -0.39 is 0 Å². The number of hydrogen-bond donors (Lipinski definition) is 1. The van der Waals surface area contributed by atoms with Gasteiger partial charge in [0.2, 0.25) is 0 Å². The van der Waals surface area contributed by atoms with Crippen LogP contribution in [0.3, 0.4) is 0 Å². The van der Waals surface area contributed by atoms with Crippen molar-refractivity contribution in [1.82, 2.24) is 4.98 Å². The monoisotopic (exact) mass is 190 g/mol. The molecule has 0 saturated heterocycles. The molecule has 0 aromatic carbocycles. The van der Waals surface area contributed by atoms with Crippen molar-refractivity contribution in [3.8, 4) is 17.6 Å². The van der Waals surface area contributed by atoms with Gasteiger partial charge in [-0.05, 0) is 19.9 Å². The van der Waals surface area contributed by atoms with Crippen LogP contribution in [0, 0.1) is 11.8 Å². The van der Waals surface area contributed by atoms with Crippen molar-refractivity contribution in [1.29, 1.82) is 0 Å². The minimum atomic E-state index is -0.135. The van der Waals surface area contributed by atoms with Crippen LogP contribution in [-0.2, 0) is 0 Å². The number of ether oxygens (including phenoxy) is 1.